The molecule has 26 heavy (non-hydrogen) atoms. The minimum absolute atomic E-state index is 0.0224. The van der Waals surface area contributed by atoms with Gasteiger partial charge in [0, 0.05) is 18.3 Å². The van der Waals surface area contributed by atoms with Crippen molar-refractivity contribution < 1.29 is 14.7 Å². The quantitative estimate of drug-likeness (QED) is 0.758. The molecule has 0 radical (unpaired) electrons. The Morgan fingerprint density at radius 3 is 2.42 bits per heavy atom. The van der Waals surface area contributed by atoms with Crippen LogP contribution in [0.4, 0.5) is 0 Å². The molecule has 4 rings (SSSR count). The minimum Gasteiger partial charge on any atom is -0.481 e. The van der Waals surface area contributed by atoms with Gasteiger partial charge in [0.05, 0.1) is 12.5 Å². The molecule has 0 aliphatic carbocycles. The zero-order valence-electron chi connectivity index (χ0n) is 14.1. The fourth-order valence-corrected chi connectivity index (χ4v) is 3.40. The summed E-state index contributed by atoms with van der Waals surface area (Å²) < 4.78 is 1.79. The minimum atomic E-state index is -0.876. The second-order valence-electron chi connectivity index (χ2n) is 6.43. The van der Waals surface area contributed by atoms with Gasteiger partial charge in [0.1, 0.15) is 5.69 Å². The third-order valence-corrected chi connectivity index (χ3v) is 4.69. The van der Waals surface area contributed by atoms with E-state index in [1.54, 1.807) is 4.57 Å². The Bertz CT molecular complexity index is 976. The lowest BCUT2D eigenvalue weighted by atomic mass is 10.0. The third-order valence-electron chi connectivity index (χ3n) is 4.69. The van der Waals surface area contributed by atoms with Crippen molar-refractivity contribution in [3.05, 3.63) is 72.6 Å². The molecule has 2 N–H and O–H groups in total. The SMILES string of the molecule is O=C(O)CC1CNC(=O)c2cc(-c3cccc(-c4ccccc4)c3)cn21. The second kappa shape index (κ2) is 6.52. The van der Waals surface area contributed by atoms with E-state index in [1.807, 2.05) is 42.6 Å². The Morgan fingerprint density at radius 2 is 1.69 bits per heavy atom. The number of carboxylic acids is 1. The number of carboxylic acid groups (broad SMARTS) is 1. The summed E-state index contributed by atoms with van der Waals surface area (Å²) in [5.74, 6) is -1.05. The molecule has 0 fully saturated rings. The fraction of sp³-hybridized carbons (Fsp3) is 0.143. The number of carbonyl (C=O) groups excluding carboxylic acids is 1. The lowest BCUT2D eigenvalue weighted by Crippen LogP contribution is -2.39. The van der Waals surface area contributed by atoms with Crippen molar-refractivity contribution in [1.29, 1.82) is 0 Å². The van der Waals surface area contributed by atoms with Crippen LogP contribution in [-0.2, 0) is 4.79 Å². The fourth-order valence-electron chi connectivity index (χ4n) is 3.40. The highest BCUT2D eigenvalue weighted by Crippen LogP contribution is 2.30. The van der Waals surface area contributed by atoms with Crippen LogP contribution >= 0.6 is 0 Å². The van der Waals surface area contributed by atoms with Crippen molar-refractivity contribution in [2.24, 2.45) is 0 Å². The van der Waals surface area contributed by atoms with E-state index in [4.69, 9.17) is 5.11 Å². The zero-order valence-corrected chi connectivity index (χ0v) is 14.1. The van der Waals surface area contributed by atoms with E-state index in [2.05, 4.69) is 29.6 Å². The molecule has 1 atom stereocenters. The van der Waals surface area contributed by atoms with E-state index in [0.29, 0.717) is 12.2 Å². The molecule has 1 aliphatic rings. The van der Waals surface area contributed by atoms with Crippen molar-refractivity contribution in [1.82, 2.24) is 9.88 Å². The number of amides is 1. The molecule has 1 aliphatic heterocycles. The number of benzene rings is 2. The van der Waals surface area contributed by atoms with Crippen LogP contribution < -0.4 is 5.32 Å². The first-order valence-corrected chi connectivity index (χ1v) is 8.49. The number of hydrogen-bond donors (Lipinski definition) is 2. The maximum absolute atomic E-state index is 12.2. The molecule has 3 aromatic rings. The van der Waals surface area contributed by atoms with Crippen LogP contribution in [0.5, 0.6) is 0 Å². The molecule has 2 aromatic carbocycles. The van der Waals surface area contributed by atoms with Crippen LogP contribution in [0.3, 0.4) is 0 Å². The lowest BCUT2D eigenvalue weighted by molar-refractivity contribution is -0.137. The molecule has 0 saturated heterocycles. The standard InChI is InChI=1S/C21H18N2O3/c24-20(25)11-18-12-22-21(26)19-10-17(13-23(18)19)16-8-4-7-15(9-16)14-5-2-1-3-6-14/h1-10,13,18H,11-12H2,(H,22,26)(H,24,25). The molecule has 5 nitrogen and oxygen atoms in total. The first-order valence-electron chi connectivity index (χ1n) is 8.49. The van der Waals surface area contributed by atoms with Gasteiger partial charge >= 0.3 is 5.97 Å². The molecule has 5 heteroatoms. The monoisotopic (exact) mass is 346 g/mol. The van der Waals surface area contributed by atoms with Crippen LogP contribution in [0, 0.1) is 0 Å². The normalized spacial score (nSPS) is 16.0. The molecule has 0 bridgehead atoms. The van der Waals surface area contributed by atoms with Gasteiger partial charge in [0.15, 0.2) is 0 Å². The predicted octanol–water partition coefficient (Wildman–Crippen LogP) is 3.58. The molecule has 2 heterocycles. The molecule has 0 spiro atoms. The molecule has 1 aromatic heterocycles. The summed E-state index contributed by atoms with van der Waals surface area (Å²) in [6.07, 6.45) is 1.86. The van der Waals surface area contributed by atoms with Crippen molar-refractivity contribution in [2.45, 2.75) is 12.5 Å². The summed E-state index contributed by atoms with van der Waals surface area (Å²) in [5, 5.41) is 11.9. The van der Waals surface area contributed by atoms with Crippen molar-refractivity contribution in [3.8, 4) is 22.3 Å². The number of fused-ring (bicyclic) bond motifs is 1. The van der Waals surface area contributed by atoms with Crippen molar-refractivity contribution in [3.63, 3.8) is 0 Å². The van der Waals surface area contributed by atoms with Gasteiger partial charge in [-0.15, -0.1) is 0 Å². The van der Waals surface area contributed by atoms with Gasteiger partial charge in [-0.05, 0) is 28.8 Å². The van der Waals surface area contributed by atoms with Gasteiger partial charge < -0.3 is 15.0 Å². The van der Waals surface area contributed by atoms with E-state index in [0.717, 1.165) is 22.3 Å². The Morgan fingerprint density at radius 1 is 1.00 bits per heavy atom. The van der Waals surface area contributed by atoms with Gasteiger partial charge in [-0.25, -0.2) is 0 Å². The Balaban J connectivity index is 1.74. The zero-order chi connectivity index (χ0) is 18.1. The summed E-state index contributed by atoms with van der Waals surface area (Å²) in [4.78, 5) is 23.3. The third kappa shape index (κ3) is 2.99. The van der Waals surface area contributed by atoms with E-state index in [1.165, 1.54) is 0 Å². The smallest absolute Gasteiger partial charge is 0.305 e. The van der Waals surface area contributed by atoms with Gasteiger partial charge in [-0.3, -0.25) is 9.59 Å². The molecule has 1 unspecified atom stereocenters. The van der Waals surface area contributed by atoms with Crippen LogP contribution in [0.15, 0.2) is 66.9 Å². The first-order chi connectivity index (χ1) is 12.6. The van der Waals surface area contributed by atoms with Gasteiger partial charge in [0.25, 0.3) is 5.91 Å². The van der Waals surface area contributed by atoms with Crippen molar-refractivity contribution >= 4 is 11.9 Å². The largest absolute Gasteiger partial charge is 0.481 e. The van der Waals surface area contributed by atoms with E-state index < -0.39 is 5.97 Å². The first kappa shape index (κ1) is 16.1. The Labute approximate surface area is 150 Å². The Hall–Kier alpha value is -3.34. The molecule has 130 valence electrons. The Kier molecular flexibility index (Phi) is 4.05. The lowest BCUT2D eigenvalue weighted by Gasteiger charge is -2.25. The second-order valence-corrected chi connectivity index (χ2v) is 6.43. The number of nitrogens with one attached hydrogen (secondary N) is 1. The highest BCUT2D eigenvalue weighted by Gasteiger charge is 2.27. The maximum Gasteiger partial charge on any atom is 0.305 e. The maximum atomic E-state index is 12.2. The summed E-state index contributed by atoms with van der Waals surface area (Å²) in [6.45, 7) is 0.330. The topological polar surface area (TPSA) is 71.3 Å². The van der Waals surface area contributed by atoms with Crippen LogP contribution in [0.25, 0.3) is 22.3 Å². The summed E-state index contributed by atoms with van der Waals surface area (Å²) in [7, 11) is 0. The number of hydrogen-bond acceptors (Lipinski definition) is 2. The van der Waals surface area contributed by atoms with Crippen LogP contribution in [-0.4, -0.2) is 28.1 Å². The van der Waals surface area contributed by atoms with Crippen LogP contribution in [0.1, 0.15) is 23.0 Å². The summed E-state index contributed by atoms with van der Waals surface area (Å²) in [6, 6.07) is 19.8. The van der Waals surface area contributed by atoms with Gasteiger partial charge in [-0.2, -0.15) is 0 Å². The number of aromatic nitrogens is 1. The van der Waals surface area contributed by atoms with Gasteiger partial charge in [-0.1, -0.05) is 48.5 Å². The van der Waals surface area contributed by atoms with Gasteiger partial charge in [0.2, 0.25) is 0 Å². The average Bonchev–Trinajstić information content (AvgIpc) is 3.11. The number of carbonyl (C=O) groups is 2. The highest BCUT2D eigenvalue weighted by molar-refractivity contribution is 5.95. The van der Waals surface area contributed by atoms with E-state index in [-0.39, 0.29) is 18.4 Å². The number of aliphatic carboxylic acids is 1. The van der Waals surface area contributed by atoms with E-state index >= 15 is 0 Å². The molecular weight excluding hydrogens is 328 g/mol. The molecule has 1 amide bonds. The van der Waals surface area contributed by atoms with Crippen molar-refractivity contribution in [2.75, 3.05) is 6.54 Å². The molecular formula is C21H18N2O3. The predicted molar refractivity (Wildman–Crippen MR) is 98.9 cm³/mol. The molecule has 0 saturated carbocycles. The summed E-state index contributed by atoms with van der Waals surface area (Å²) >= 11 is 0. The number of nitrogens with zero attached hydrogens (tertiary/aromatic N) is 1. The summed E-state index contributed by atoms with van der Waals surface area (Å²) in [5.41, 5.74) is 4.63. The van der Waals surface area contributed by atoms with E-state index in [9.17, 15) is 9.59 Å². The average molecular weight is 346 g/mol. The number of rotatable bonds is 4. The highest BCUT2D eigenvalue weighted by atomic mass is 16.4. The van der Waals surface area contributed by atoms with Crippen LogP contribution in [0.2, 0.25) is 0 Å².